The highest BCUT2D eigenvalue weighted by Crippen LogP contribution is 2.14. The molecule has 0 radical (unpaired) electrons. The number of anilines is 1. The number of nitrogens with zero attached hydrogens (tertiary/aromatic N) is 1. The third-order valence-electron chi connectivity index (χ3n) is 3.60. The van der Waals surface area contributed by atoms with Crippen LogP contribution in [0.5, 0.6) is 0 Å². The number of hydrogen-bond acceptors (Lipinski definition) is 4. The van der Waals surface area contributed by atoms with Crippen LogP contribution in [-0.4, -0.2) is 52.9 Å². The molecule has 1 aliphatic heterocycles. The summed E-state index contributed by atoms with van der Waals surface area (Å²) in [5.41, 5.74) is 6.07. The Labute approximate surface area is 138 Å². The number of aliphatic carboxylic acids is 1. The molecule has 24 heavy (non-hydrogen) atoms. The first-order valence-corrected chi connectivity index (χ1v) is 7.39. The number of carbonyl (C=O) groups excluding carboxylic acids is 2. The Kier molecular flexibility index (Phi) is 5.35. The van der Waals surface area contributed by atoms with E-state index in [4.69, 9.17) is 16.2 Å². The van der Waals surface area contributed by atoms with Crippen LogP contribution in [0, 0.1) is 5.41 Å². The predicted octanol–water partition coefficient (Wildman–Crippen LogP) is -0.203. The lowest BCUT2D eigenvalue weighted by atomic mass is 10.1. The molecule has 1 aromatic carbocycles. The molecule has 1 aromatic rings. The number of nitrogens with one attached hydrogen (secondary N) is 3. The standard InChI is InChI=1S/C15H19N5O4/c16-15(17)18-10-3-1-2-9(8-10)13(23)19-11-4-6-20(14(11)24)7-5-12(21)22/h1-3,8,11H,4-7H2,(H,19,23)(H,21,22)(H4,16,17,18). The van der Waals surface area contributed by atoms with Gasteiger partial charge in [0, 0.05) is 24.3 Å². The van der Waals surface area contributed by atoms with Crippen molar-refractivity contribution in [2.75, 3.05) is 18.4 Å². The minimum Gasteiger partial charge on any atom is -0.481 e. The highest BCUT2D eigenvalue weighted by molar-refractivity contribution is 5.99. The van der Waals surface area contributed by atoms with Gasteiger partial charge in [0.1, 0.15) is 6.04 Å². The summed E-state index contributed by atoms with van der Waals surface area (Å²) in [5.74, 6) is -1.90. The Morgan fingerprint density at radius 3 is 2.83 bits per heavy atom. The lowest BCUT2D eigenvalue weighted by Gasteiger charge is -2.16. The van der Waals surface area contributed by atoms with Crippen molar-refractivity contribution in [1.82, 2.24) is 10.2 Å². The van der Waals surface area contributed by atoms with Crippen LogP contribution < -0.4 is 16.4 Å². The van der Waals surface area contributed by atoms with E-state index in [9.17, 15) is 14.4 Å². The number of nitrogens with two attached hydrogens (primary N) is 1. The molecule has 1 unspecified atom stereocenters. The number of benzene rings is 1. The van der Waals surface area contributed by atoms with E-state index in [1.807, 2.05) is 0 Å². The second-order valence-electron chi connectivity index (χ2n) is 5.40. The van der Waals surface area contributed by atoms with Gasteiger partial charge in [0.15, 0.2) is 5.96 Å². The normalized spacial score (nSPS) is 16.8. The Morgan fingerprint density at radius 2 is 2.17 bits per heavy atom. The van der Waals surface area contributed by atoms with Crippen molar-refractivity contribution in [2.24, 2.45) is 5.73 Å². The summed E-state index contributed by atoms with van der Waals surface area (Å²) in [6.07, 6.45) is 0.320. The van der Waals surface area contributed by atoms with E-state index in [0.717, 1.165) is 0 Å². The summed E-state index contributed by atoms with van der Waals surface area (Å²) in [6, 6.07) is 5.75. The number of carboxylic acids is 1. The zero-order valence-corrected chi connectivity index (χ0v) is 12.9. The molecule has 2 amide bonds. The number of amides is 2. The van der Waals surface area contributed by atoms with Crippen molar-refractivity contribution in [1.29, 1.82) is 5.41 Å². The third kappa shape index (κ3) is 4.45. The SMILES string of the molecule is N=C(N)Nc1cccc(C(=O)NC2CCN(CCC(=O)O)C2=O)c1. The predicted molar refractivity (Wildman–Crippen MR) is 86.7 cm³/mol. The summed E-state index contributed by atoms with van der Waals surface area (Å²) < 4.78 is 0. The summed E-state index contributed by atoms with van der Waals surface area (Å²) in [5, 5.41) is 21.1. The fraction of sp³-hybridized carbons (Fsp3) is 0.333. The molecule has 1 heterocycles. The van der Waals surface area contributed by atoms with Gasteiger partial charge in [-0.15, -0.1) is 0 Å². The first-order valence-electron chi connectivity index (χ1n) is 7.39. The summed E-state index contributed by atoms with van der Waals surface area (Å²) in [6.45, 7) is 0.557. The molecule has 9 nitrogen and oxygen atoms in total. The van der Waals surface area contributed by atoms with Crippen molar-refractivity contribution in [3.63, 3.8) is 0 Å². The van der Waals surface area contributed by atoms with Crippen LogP contribution in [0.1, 0.15) is 23.2 Å². The molecule has 0 bridgehead atoms. The van der Waals surface area contributed by atoms with Gasteiger partial charge in [0.25, 0.3) is 5.91 Å². The number of likely N-dealkylation sites (tertiary alicyclic amines) is 1. The first kappa shape index (κ1) is 17.3. The topological polar surface area (TPSA) is 149 Å². The fourth-order valence-electron chi connectivity index (χ4n) is 2.46. The van der Waals surface area contributed by atoms with Crippen LogP contribution >= 0.6 is 0 Å². The molecule has 1 fully saturated rings. The molecule has 128 valence electrons. The van der Waals surface area contributed by atoms with E-state index in [0.29, 0.717) is 24.2 Å². The average molecular weight is 333 g/mol. The Hall–Kier alpha value is -3.10. The number of guanidine groups is 1. The van der Waals surface area contributed by atoms with Crippen molar-refractivity contribution in [2.45, 2.75) is 18.9 Å². The minimum atomic E-state index is -0.968. The first-order chi connectivity index (χ1) is 11.4. The molecule has 1 aliphatic rings. The largest absolute Gasteiger partial charge is 0.481 e. The zero-order chi connectivity index (χ0) is 17.7. The van der Waals surface area contributed by atoms with Gasteiger partial charge in [-0.05, 0) is 24.6 Å². The van der Waals surface area contributed by atoms with Crippen molar-refractivity contribution >= 4 is 29.4 Å². The third-order valence-corrected chi connectivity index (χ3v) is 3.60. The molecular weight excluding hydrogens is 314 g/mol. The average Bonchev–Trinajstić information content (AvgIpc) is 2.85. The van der Waals surface area contributed by atoms with Crippen LogP contribution in [0.25, 0.3) is 0 Å². The van der Waals surface area contributed by atoms with Gasteiger partial charge in [-0.25, -0.2) is 0 Å². The van der Waals surface area contributed by atoms with E-state index in [1.165, 1.54) is 11.0 Å². The Balaban J connectivity index is 1.96. The molecule has 0 aromatic heterocycles. The van der Waals surface area contributed by atoms with Gasteiger partial charge in [-0.1, -0.05) is 6.07 Å². The Bertz CT molecular complexity index is 676. The summed E-state index contributed by atoms with van der Waals surface area (Å²) >= 11 is 0. The van der Waals surface area contributed by atoms with E-state index in [-0.39, 0.29) is 24.8 Å². The van der Waals surface area contributed by atoms with Gasteiger partial charge < -0.3 is 26.4 Å². The summed E-state index contributed by atoms with van der Waals surface area (Å²) in [7, 11) is 0. The number of hydrogen-bond donors (Lipinski definition) is 5. The van der Waals surface area contributed by atoms with E-state index in [1.54, 1.807) is 18.2 Å². The monoisotopic (exact) mass is 333 g/mol. The smallest absolute Gasteiger partial charge is 0.305 e. The van der Waals surface area contributed by atoms with E-state index < -0.39 is 17.9 Å². The molecular formula is C15H19N5O4. The van der Waals surface area contributed by atoms with Crippen LogP contribution in [0.3, 0.4) is 0 Å². The van der Waals surface area contributed by atoms with Gasteiger partial charge in [-0.3, -0.25) is 19.8 Å². The zero-order valence-electron chi connectivity index (χ0n) is 12.9. The van der Waals surface area contributed by atoms with Crippen molar-refractivity contribution in [3.05, 3.63) is 29.8 Å². The van der Waals surface area contributed by atoms with Crippen molar-refractivity contribution in [3.8, 4) is 0 Å². The molecule has 2 rings (SSSR count). The van der Waals surface area contributed by atoms with Gasteiger partial charge >= 0.3 is 5.97 Å². The lowest BCUT2D eigenvalue weighted by Crippen LogP contribution is -2.41. The van der Waals surface area contributed by atoms with Gasteiger partial charge in [0.2, 0.25) is 5.91 Å². The minimum absolute atomic E-state index is 0.120. The van der Waals surface area contributed by atoms with E-state index >= 15 is 0 Å². The van der Waals surface area contributed by atoms with Crippen LogP contribution in [0.2, 0.25) is 0 Å². The second-order valence-corrected chi connectivity index (χ2v) is 5.40. The summed E-state index contributed by atoms with van der Waals surface area (Å²) in [4.78, 5) is 36.4. The van der Waals surface area contributed by atoms with Crippen LogP contribution in [-0.2, 0) is 9.59 Å². The quantitative estimate of drug-likeness (QED) is 0.359. The fourth-order valence-corrected chi connectivity index (χ4v) is 2.46. The Morgan fingerprint density at radius 1 is 1.42 bits per heavy atom. The molecule has 0 spiro atoms. The van der Waals surface area contributed by atoms with E-state index in [2.05, 4.69) is 10.6 Å². The van der Waals surface area contributed by atoms with Gasteiger partial charge in [0.05, 0.1) is 6.42 Å². The van der Waals surface area contributed by atoms with Crippen LogP contribution in [0.4, 0.5) is 5.69 Å². The molecule has 0 aliphatic carbocycles. The van der Waals surface area contributed by atoms with Crippen LogP contribution in [0.15, 0.2) is 24.3 Å². The lowest BCUT2D eigenvalue weighted by molar-refractivity contribution is -0.138. The highest BCUT2D eigenvalue weighted by atomic mass is 16.4. The number of rotatable bonds is 6. The second kappa shape index (κ2) is 7.44. The number of carbonyl (C=O) groups is 3. The molecule has 6 N–H and O–H groups in total. The maximum Gasteiger partial charge on any atom is 0.305 e. The van der Waals surface area contributed by atoms with Gasteiger partial charge in [-0.2, -0.15) is 0 Å². The molecule has 9 heteroatoms. The van der Waals surface area contributed by atoms with Crippen molar-refractivity contribution < 1.29 is 19.5 Å². The number of carboxylic acid groups (broad SMARTS) is 1. The molecule has 1 atom stereocenters. The molecule has 0 saturated carbocycles. The highest BCUT2D eigenvalue weighted by Gasteiger charge is 2.32. The maximum atomic E-state index is 12.3. The maximum absolute atomic E-state index is 12.3. The molecule has 1 saturated heterocycles.